The van der Waals surface area contributed by atoms with E-state index >= 15 is 0 Å². The summed E-state index contributed by atoms with van der Waals surface area (Å²) in [5.41, 5.74) is 0. The Labute approximate surface area is 117 Å². The van der Waals surface area contributed by atoms with Crippen molar-refractivity contribution in [3.63, 3.8) is 0 Å². The fourth-order valence-electron chi connectivity index (χ4n) is 2.06. The molecule has 0 amide bonds. The van der Waals surface area contributed by atoms with Gasteiger partial charge in [-0.05, 0) is 12.8 Å². The zero-order valence-electron chi connectivity index (χ0n) is 11.7. The van der Waals surface area contributed by atoms with E-state index in [1.807, 2.05) is 0 Å². The second-order valence-electron chi connectivity index (χ2n) is 5.01. The standard InChI is InChI=1S/C15H28O2S/c1-2-3-4-5-6-7-8-9-10-11-12-13-14(18)15(16)17/h2-13H2,1H3,(H,16,17). The molecule has 0 aromatic heterocycles. The van der Waals surface area contributed by atoms with Gasteiger partial charge in [0.25, 0.3) is 0 Å². The molecule has 0 aliphatic rings. The molecular formula is C15H28O2S. The number of hydrogen-bond donors (Lipinski definition) is 1. The molecule has 0 heterocycles. The third-order valence-corrected chi connectivity index (χ3v) is 3.62. The second-order valence-corrected chi connectivity index (χ2v) is 5.51. The van der Waals surface area contributed by atoms with Crippen molar-refractivity contribution in [2.45, 2.75) is 84.0 Å². The fraction of sp³-hybridized carbons (Fsp3) is 0.867. The predicted octanol–water partition coefficient (Wildman–Crippen LogP) is 5.14. The molecule has 106 valence electrons. The molecule has 0 spiro atoms. The number of carboxylic acids is 1. The first-order valence-electron chi connectivity index (χ1n) is 7.44. The van der Waals surface area contributed by atoms with E-state index in [0.717, 1.165) is 12.8 Å². The van der Waals surface area contributed by atoms with E-state index in [9.17, 15) is 4.79 Å². The van der Waals surface area contributed by atoms with Crippen LogP contribution in [0.2, 0.25) is 0 Å². The van der Waals surface area contributed by atoms with Gasteiger partial charge in [0.15, 0.2) is 0 Å². The van der Waals surface area contributed by atoms with Crippen molar-refractivity contribution < 1.29 is 9.90 Å². The molecule has 1 N–H and O–H groups in total. The zero-order valence-corrected chi connectivity index (χ0v) is 12.6. The van der Waals surface area contributed by atoms with Crippen LogP contribution in [0.5, 0.6) is 0 Å². The molecule has 0 aromatic rings. The Morgan fingerprint density at radius 1 is 0.833 bits per heavy atom. The quantitative estimate of drug-likeness (QED) is 0.372. The molecule has 0 aromatic carbocycles. The van der Waals surface area contributed by atoms with E-state index in [1.54, 1.807) is 0 Å². The Kier molecular flexibility index (Phi) is 12.7. The number of thiocarbonyl (C=S) groups is 1. The minimum atomic E-state index is -0.919. The first kappa shape index (κ1) is 17.6. The summed E-state index contributed by atoms with van der Waals surface area (Å²) in [5.74, 6) is -0.919. The Balaban J connectivity index is 3.07. The highest BCUT2D eigenvalue weighted by Crippen LogP contribution is 2.12. The van der Waals surface area contributed by atoms with Crippen LogP contribution in [0.15, 0.2) is 0 Å². The Morgan fingerprint density at radius 2 is 1.22 bits per heavy atom. The lowest BCUT2D eigenvalue weighted by molar-refractivity contribution is -0.129. The van der Waals surface area contributed by atoms with Gasteiger partial charge >= 0.3 is 5.97 Å². The molecule has 0 aliphatic heterocycles. The van der Waals surface area contributed by atoms with Crippen molar-refractivity contribution in [2.24, 2.45) is 0 Å². The van der Waals surface area contributed by atoms with Gasteiger partial charge in [0, 0.05) is 0 Å². The van der Waals surface area contributed by atoms with Crippen LogP contribution in [0.1, 0.15) is 84.0 Å². The summed E-state index contributed by atoms with van der Waals surface area (Å²) in [7, 11) is 0. The van der Waals surface area contributed by atoms with Gasteiger partial charge in [-0.3, -0.25) is 0 Å². The maximum absolute atomic E-state index is 10.5. The van der Waals surface area contributed by atoms with Crippen LogP contribution in [-0.2, 0) is 4.79 Å². The molecule has 0 unspecified atom stereocenters. The fourth-order valence-corrected chi connectivity index (χ4v) is 2.20. The third kappa shape index (κ3) is 12.0. The normalized spacial score (nSPS) is 10.5. The molecule has 0 atom stereocenters. The summed E-state index contributed by atoms with van der Waals surface area (Å²) in [4.78, 5) is 10.7. The molecule has 0 bridgehead atoms. The van der Waals surface area contributed by atoms with E-state index in [1.165, 1.54) is 57.8 Å². The number of carbonyl (C=O) groups is 1. The molecule has 0 fully saturated rings. The monoisotopic (exact) mass is 272 g/mol. The molecule has 0 saturated heterocycles. The summed E-state index contributed by atoms with van der Waals surface area (Å²) in [5, 5.41) is 8.60. The SMILES string of the molecule is CCCCCCCCCCCCCC(=S)C(=O)O. The zero-order chi connectivity index (χ0) is 13.6. The topological polar surface area (TPSA) is 37.3 Å². The van der Waals surface area contributed by atoms with Crippen LogP contribution in [0, 0.1) is 0 Å². The van der Waals surface area contributed by atoms with Gasteiger partial charge in [0.1, 0.15) is 0 Å². The average molecular weight is 272 g/mol. The number of aliphatic carboxylic acids is 1. The van der Waals surface area contributed by atoms with Crippen molar-refractivity contribution in [1.82, 2.24) is 0 Å². The minimum Gasteiger partial charge on any atom is -0.477 e. The second kappa shape index (κ2) is 13.0. The van der Waals surface area contributed by atoms with E-state index in [2.05, 4.69) is 6.92 Å². The maximum atomic E-state index is 10.5. The van der Waals surface area contributed by atoms with Crippen LogP contribution in [0.4, 0.5) is 0 Å². The van der Waals surface area contributed by atoms with Crippen molar-refractivity contribution in [3.05, 3.63) is 0 Å². The first-order valence-corrected chi connectivity index (χ1v) is 7.85. The smallest absolute Gasteiger partial charge is 0.342 e. The van der Waals surface area contributed by atoms with Crippen LogP contribution in [0.3, 0.4) is 0 Å². The number of hydrogen-bond acceptors (Lipinski definition) is 2. The lowest BCUT2D eigenvalue weighted by atomic mass is 10.0. The number of rotatable bonds is 13. The van der Waals surface area contributed by atoms with Crippen LogP contribution >= 0.6 is 12.2 Å². The molecule has 18 heavy (non-hydrogen) atoms. The van der Waals surface area contributed by atoms with E-state index in [0.29, 0.717) is 6.42 Å². The van der Waals surface area contributed by atoms with Crippen LogP contribution in [0.25, 0.3) is 0 Å². The Bertz CT molecular complexity index is 227. The van der Waals surface area contributed by atoms with Crippen molar-refractivity contribution in [1.29, 1.82) is 0 Å². The van der Waals surface area contributed by atoms with E-state index in [-0.39, 0.29) is 4.86 Å². The summed E-state index contributed by atoms with van der Waals surface area (Å²) < 4.78 is 0. The summed E-state index contributed by atoms with van der Waals surface area (Å²) in [6, 6.07) is 0. The molecule has 3 heteroatoms. The van der Waals surface area contributed by atoms with Crippen molar-refractivity contribution in [2.75, 3.05) is 0 Å². The predicted molar refractivity (Wildman–Crippen MR) is 81.3 cm³/mol. The van der Waals surface area contributed by atoms with E-state index < -0.39 is 5.97 Å². The Hall–Kier alpha value is -0.440. The van der Waals surface area contributed by atoms with Gasteiger partial charge in [-0.25, -0.2) is 4.79 Å². The van der Waals surface area contributed by atoms with Gasteiger partial charge in [-0.15, -0.1) is 0 Å². The Morgan fingerprint density at radius 3 is 1.61 bits per heavy atom. The van der Waals surface area contributed by atoms with Gasteiger partial charge in [0.2, 0.25) is 0 Å². The first-order chi connectivity index (χ1) is 8.68. The average Bonchev–Trinajstić information content (AvgIpc) is 2.35. The maximum Gasteiger partial charge on any atom is 0.342 e. The highest BCUT2D eigenvalue weighted by Gasteiger charge is 2.04. The number of unbranched alkanes of at least 4 members (excludes halogenated alkanes) is 10. The molecule has 0 radical (unpaired) electrons. The lowest BCUT2D eigenvalue weighted by Gasteiger charge is -2.02. The lowest BCUT2D eigenvalue weighted by Crippen LogP contribution is -2.09. The van der Waals surface area contributed by atoms with Crippen LogP contribution in [-0.4, -0.2) is 15.9 Å². The largest absolute Gasteiger partial charge is 0.477 e. The van der Waals surface area contributed by atoms with Gasteiger partial charge in [-0.1, -0.05) is 83.3 Å². The summed E-state index contributed by atoms with van der Waals surface area (Å²) in [6.45, 7) is 2.25. The van der Waals surface area contributed by atoms with Gasteiger partial charge < -0.3 is 5.11 Å². The highest BCUT2D eigenvalue weighted by molar-refractivity contribution is 7.82. The highest BCUT2D eigenvalue weighted by atomic mass is 32.1. The van der Waals surface area contributed by atoms with Gasteiger partial charge in [0.05, 0.1) is 4.86 Å². The summed E-state index contributed by atoms with van der Waals surface area (Å²) >= 11 is 4.75. The molecule has 0 saturated carbocycles. The third-order valence-electron chi connectivity index (χ3n) is 3.25. The van der Waals surface area contributed by atoms with Crippen LogP contribution < -0.4 is 0 Å². The summed E-state index contributed by atoms with van der Waals surface area (Å²) in [6.07, 6.45) is 14.7. The van der Waals surface area contributed by atoms with Gasteiger partial charge in [-0.2, -0.15) is 0 Å². The minimum absolute atomic E-state index is 0.186. The number of carboxylic acid groups (broad SMARTS) is 1. The van der Waals surface area contributed by atoms with Crippen molar-refractivity contribution >= 4 is 23.1 Å². The molecular weight excluding hydrogens is 244 g/mol. The molecule has 0 rings (SSSR count). The van der Waals surface area contributed by atoms with Crippen molar-refractivity contribution in [3.8, 4) is 0 Å². The molecule has 0 aliphatic carbocycles. The van der Waals surface area contributed by atoms with E-state index in [4.69, 9.17) is 17.3 Å². The molecule has 2 nitrogen and oxygen atoms in total.